The van der Waals surface area contributed by atoms with E-state index in [0.29, 0.717) is 11.2 Å². The number of hydrogen-bond donors (Lipinski definition) is 1. The second-order valence-electron chi connectivity index (χ2n) is 5.70. The minimum Gasteiger partial charge on any atom is -0.324 e. The highest BCUT2D eigenvalue weighted by Gasteiger charge is 2.46. The molecule has 3 unspecified atom stereocenters. The lowest BCUT2D eigenvalue weighted by molar-refractivity contribution is -0.133. The Morgan fingerprint density at radius 1 is 1.44 bits per heavy atom. The zero-order valence-electron chi connectivity index (χ0n) is 11.9. The summed E-state index contributed by atoms with van der Waals surface area (Å²) >= 11 is 2.05. The maximum atomic E-state index is 12.6. The molecule has 4 heteroatoms. The molecule has 3 atom stereocenters. The average molecular weight is 270 g/mol. The van der Waals surface area contributed by atoms with Gasteiger partial charge in [0.1, 0.15) is 0 Å². The van der Waals surface area contributed by atoms with Gasteiger partial charge in [-0.25, -0.2) is 0 Å². The molecule has 0 aromatic heterocycles. The van der Waals surface area contributed by atoms with E-state index in [2.05, 4.69) is 35.8 Å². The Morgan fingerprint density at radius 2 is 2.22 bits per heavy atom. The van der Waals surface area contributed by atoms with E-state index in [1.165, 1.54) is 25.0 Å². The highest BCUT2D eigenvalue weighted by atomic mass is 32.2. The van der Waals surface area contributed by atoms with Crippen molar-refractivity contribution in [3.8, 4) is 0 Å². The van der Waals surface area contributed by atoms with Crippen molar-refractivity contribution >= 4 is 17.7 Å². The Kier molecular flexibility index (Phi) is 4.59. The van der Waals surface area contributed by atoms with Gasteiger partial charge in [-0.1, -0.05) is 20.3 Å². The molecule has 2 aliphatic heterocycles. The first-order valence-electron chi connectivity index (χ1n) is 7.31. The fourth-order valence-electron chi connectivity index (χ4n) is 2.92. The molecule has 2 saturated heterocycles. The maximum absolute atomic E-state index is 12.6. The van der Waals surface area contributed by atoms with E-state index in [9.17, 15) is 4.79 Å². The highest BCUT2D eigenvalue weighted by Crippen LogP contribution is 2.30. The van der Waals surface area contributed by atoms with Crippen LogP contribution >= 0.6 is 11.8 Å². The van der Waals surface area contributed by atoms with Gasteiger partial charge in [-0.15, -0.1) is 0 Å². The average Bonchev–Trinajstić information content (AvgIpc) is 2.65. The van der Waals surface area contributed by atoms with E-state index in [1.807, 2.05) is 6.92 Å². The number of nitrogens with zero attached hydrogens (tertiary/aromatic N) is 1. The summed E-state index contributed by atoms with van der Waals surface area (Å²) in [5.74, 6) is 1.57. The largest absolute Gasteiger partial charge is 0.324 e. The van der Waals surface area contributed by atoms with Crippen LogP contribution in [0.3, 0.4) is 0 Å². The summed E-state index contributed by atoms with van der Waals surface area (Å²) in [6.07, 6.45) is 6.06. The summed E-state index contributed by atoms with van der Waals surface area (Å²) < 4.78 is 0. The van der Waals surface area contributed by atoms with Crippen LogP contribution in [0.2, 0.25) is 0 Å². The molecule has 1 N–H and O–H groups in total. The van der Waals surface area contributed by atoms with Crippen LogP contribution in [0.4, 0.5) is 0 Å². The van der Waals surface area contributed by atoms with Crippen LogP contribution in [0.1, 0.15) is 52.9 Å². The van der Waals surface area contributed by atoms with E-state index < -0.39 is 0 Å². The van der Waals surface area contributed by atoms with Crippen molar-refractivity contribution < 1.29 is 4.79 Å². The lowest BCUT2D eigenvalue weighted by Crippen LogP contribution is -2.43. The number of carbonyl (C=O) groups is 1. The Bertz CT molecular complexity index is 304. The summed E-state index contributed by atoms with van der Waals surface area (Å²) in [4.78, 5) is 14.7. The van der Waals surface area contributed by atoms with Gasteiger partial charge in [0.2, 0.25) is 5.91 Å². The van der Waals surface area contributed by atoms with Gasteiger partial charge < -0.3 is 4.90 Å². The molecule has 0 bridgehead atoms. The fourth-order valence-corrected chi connectivity index (χ4v) is 4.23. The molecule has 0 aromatic rings. The molecular formula is C14H26N2OS. The minimum absolute atomic E-state index is 0.241. The molecule has 1 amide bonds. The number of carbonyl (C=O) groups excluding carboxylic acids is 1. The third-order valence-corrected chi connectivity index (χ3v) is 5.74. The van der Waals surface area contributed by atoms with Crippen LogP contribution in [0.5, 0.6) is 0 Å². The van der Waals surface area contributed by atoms with Gasteiger partial charge in [0.25, 0.3) is 0 Å². The highest BCUT2D eigenvalue weighted by molar-refractivity contribution is 7.99. The molecule has 0 radical (unpaired) electrons. The Labute approximate surface area is 115 Å². The number of rotatable bonds is 4. The Balaban J connectivity index is 2.03. The van der Waals surface area contributed by atoms with Gasteiger partial charge in [0.05, 0.1) is 11.7 Å². The first-order valence-corrected chi connectivity index (χ1v) is 8.36. The van der Waals surface area contributed by atoms with Crippen LogP contribution in [-0.4, -0.2) is 40.1 Å². The van der Waals surface area contributed by atoms with Crippen molar-refractivity contribution in [2.45, 2.75) is 69.8 Å². The van der Waals surface area contributed by atoms with Gasteiger partial charge in [0, 0.05) is 11.8 Å². The quantitative estimate of drug-likeness (QED) is 0.852. The molecule has 0 saturated carbocycles. The predicted molar refractivity (Wildman–Crippen MR) is 77.7 cm³/mol. The van der Waals surface area contributed by atoms with Gasteiger partial charge in [-0.3, -0.25) is 10.1 Å². The smallest absolute Gasteiger partial charge is 0.243 e. The van der Waals surface area contributed by atoms with Gasteiger partial charge in [-0.05, 0) is 38.4 Å². The summed E-state index contributed by atoms with van der Waals surface area (Å²) in [5.41, 5.74) is -0.333. The van der Waals surface area contributed by atoms with Crippen molar-refractivity contribution in [3.63, 3.8) is 0 Å². The molecule has 0 aliphatic carbocycles. The van der Waals surface area contributed by atoms with E-state index in [0.717, 1.165) is 19.4 Å². The van der Waals surface area contributed by atoms with Crippen molar-refractivity contribution in [3.05, 3.63) is 0 Å². The normalized spacial score (nSPS) is 37.3. The van der Waals surface area contributed by atoms with E-state index in [4.69, 9.17) is 0 Å². The van der Waals surface area contributed by atoms with Gasteiger partial charge >= 0.3 is 0 Å². The molecule has 2 aliphatic rings. The van der Waals surface area contributed by atoms with E-state index in [-0.39, 0.29) is 11.7 Å². The molecule has 2 fully saturated rings. The van der Waals surface area contributed by atoms with E-state index >= 15 is 0 Å². The van der Waals surface area contributed by atoms with Crippen molar-refractivity contribution in [2.24, 2.45) is 0 Å². The Hall–Kier alpha value is -0.220. The lowest BCUT2D eigenvalue weighted by Gasteiger charge is -2.30. The minimum atomic E-state index is -0.333. The molecule has 2 rings (SSSR count). The SMILES string of the molecule is CCC1NC(C)(CC)C(=O)N1CC1CCCCS1. The van der Waals surface area contributed by atoms with Gasteiger partial charge in [0.15, 0.2) is 0 Å². The van der Waals surface area contributed by atoms with Gasteiger partial charge in [-0.2, -0.15) is 11.8 Å². The van der Waals surface area contributed by atoms with Crippen molar-refractivity contribution in [1.82, 2.24) is 10.2 Å². The zero-order chi connectivity index (χ0) is 13.2. The number of nitrogens with one attached hydrogen (secondary N) is 1. The molecule has 2 heterocycles. The number of hydrogen-bond acceptors (Lipinski definition) is 3. The molecule has 3 nitrogen and oxygen atoms in total. The molecule has 104 valence electrons. The molecule has 0 spiro atoms. The lowest BCUT2D eigenvalue weighted by atomic mass is 9.99. The second kappa shape index (κ2) is 5.83. The number of thioether (sulfide) groups is 1. The first kappa shape index (κ1) is 14.2. The molecule has 18 heavy (non-hydrogen) atoms. The van der Waals surface area contributed by atoms with Crippen LogP contribution in [0.25, 0.3) is 0 Å². The zero-order valence-corrected chi connectivity index (χ0v) is 12.7. The third-order valence-electron chi connectivity index (χ3n) is 4.36. The molecule has 0 aromatic carbocycles. The standard InChI is InChI=1S/C14H26N2OS/c1-4-12-15-14(3,5-2)13(17)16(12)10-11-8-6-7-9-18-11/h11-12,15H,4-10H2,1-3H3. The van der Waals surface area contributed by atoms with Crippen molar-refractivity contribution in [2.75, 3.05) is 12.3 Å². The second-order valence-corrected chi connectivity index (χ2v) is 7.11. The summed E-state index contributed by atoms with van der Waals surface area (Å²) in [6, 6.07) is 0. The molecular weight excluding hydrogens is 244 g/mol. The monoisotopic (exact) mass is 270 g/mol. The summed E-state index contributed by atoms with van der Waals surface area (Å²) in [7, 11) is 0. The maximum Gasteiger partial charge on any atom is 0.243 e. The van der Waals surface area contributed by atoms with E-state index in [1.54, 1.807) is 0 Å². The van der Waals surface area contributed by atoms with Crippen LogP contribution in [0, 0.1) is 0 Å². The fraction of sp³-hybridized carbons (Fsp3) is 0.929. The summed E-state index contributed by atoms with van der Waals surface area (Å²) in [6.45, 7) is 7.24. The third kappa shape index (κ3) is 2.69. The van der Waals surface area contributed by atoms with Crippen molar-refractivity contribution in [1.29, 1.82) is 0 Å². The number of amides is 1. The first-order chi connectivity index (χ1) is 8.60. The van der Waals surface area contributed by atoms with Crippen LogP contribution < -0.4 is 5.32 Å². The summed E-state index contributed by atoms with van der Waals surface area (Å²) in [5, 5.41) is 4.17. The predicted octanol–water partition coefficient (Wildman–Crippen LogP) is 2.61. The topological polar surface area (TPSA) is 32.3 Å². The van der Waals surface area contributed by atoms with Crippen LogP contribution in [-0.2, 0) is 4.79 Å². The Morgan fingerprint density at radius 3 is 2.78 bits per heavy atom. The van der Waals surface area contributed by atoms with Crippen LogP contribution in [0.15, 0.2) is 0 Å².